The highest BCUT2D eigenvalue weighted by molar-refractivity contribution is 5.73. The number of nitrogens with one attached hydrogen (secondary N) is 1. The molecule has 1 N–H and O–H groups in total. The molecule has 0 unspecified atom stereocenters. The van der Waals surface area contributed by atoms with Crippen LogP contribution in [0.1, 0.15) is 19.4 Å². The van der Waals surface area contributed by atoms with E-state index < -0.39 is 17.5 Å². The molecule has 0 aromatic heterocycles. The van der Waals surface area contributed by atoms with Crippen molar-refractivity contribution in [1.29, 1.82) is 0 Å². The minimum Gasteiger partial charge on any atom is -0.381 e. The lowest BCUT2D eigenvalue weighted by Crippen LogP contribution is -2.51. The van der Waals surface area contributed by atoms with E-state index in [0.717, 1.165) is 17.4 Å². The molecule has 22 heavy (non-hydrogen) atoms. The first kappa shape index (κ1) is 14.8. The summed E-state index contributed by atoms with van der Waals surface area (Å²) in [6.45, 7) is 4.89. The van der Waals surface area contributed by atoms with E-state index in [1.807, 2.05) is 43.0 Å². The Bertz CT molecular complexity index is 713. The highest BCUT2D eigenvalue weighted by Crippen LogP contribution is 2.37. The van der Waals surface area contributed by atoms with Gasteiger partial charge in [-0.05, 0) is 32.0 Å². The first-order valence-corrected chi connectivity index (χ1v) is 7.13. The summed E-state index contributed by atoms with van der Waals surface area (Å²) in [6, 6.07) is 9.96. The van der Waals surface area contributed by atoms with Gasteiger partial charge in [0.15, 0.2) is 17.5 Å². The molecule has 1 aliphatic rings. The van der Waals surface area contributed by atoms with Crippen LogP contribution in [0.4, 0.5) is 24.5 Å². The maximum Gasteiger partial charge on any atom is 0.194 e. The third-order valence-corrected chi connectivity index (χ3v) is 4.08. The second-order valence-electron chi connectivity index (χ2n) is 6.10. The van der Waals surface area contributed by atoms with Crippen molar-refractivity contribution in [1.82, 2.24) is 0 Å². The molecule has 2 aromatic carbocycles. The Balaban J connectivity index is 2.02. The minimum atomic E-state index is -1.42. The van der Waals surface area contributed by atoms with Gasteiger partial charge in [-0.3, -0.25) is 0 Å². The number of hydrogen-bond donors (Lipinski definition) is 1. The van der Waals surface area contributed by atoms with Crippen molar-refractivity contribution in [3.63, 3.8) is 0 Å². The predicted octanol–water partition coefficient (Wildman–Crippen LogP) is 4.31. The van der Waals surface area contributed by atoms with Gasteiger partial charge >= 0.3 is 0 Å². The number of benzene rings is 2. The standard InChI is InChI=1S/C17H17F3N2/c1-17(2)10-21-13-5-3-4-6-14(13)22(17)9-11-7-8-12(18)16(20)15(11)19/h3-8,21H,9-10H2,1-2H3. The van der Waals surface area contributed by atoms with Crippen molar-refractivity contribution in [3.8, 4) is 0 Å². The van der Waals surface area contributed by atoms with Crippen molar-refractivity contribution in [2.45, 2.75) is 25.9 Å². The fourth-order valence-electron chi connectivity index (χ4n) is 2.75. The zero-order valence-corrected chi connectivity index (χ0v) is 12.5. The van der Waals surface area contributed by atoms with E-state index in [9.17, 15) is 13.2 Å². The van der Waals surface area contributed by atoms with E-state index in [-0.39, 0.29) is 17.6 Å². The van der Waals surface area contributed by atoms with Crippen LogP contribution in [0.2, 0.25) is 0 Å². The molecule has 0 atom stereocenters. The van der Waals surface area contributed by atoms with Crippen LogP contribution < -0.4 is 10.2 Å². The summed E-state index contributed by atoms with van der Waals surface area (Å²) in [5, 5.41) is 3.33. The Morgan fingerprint density at radius 1 is 1.05 bits per heavy atom. The van der Waals surface area contributed by atoms with Crippen molar-refractivity contribution < 1.29 is 13.2 Å². The number of nitrogens with zero attached hydrogens (tertiary/aromatic N) is 1. The van der Waals surface area contributed by atoms with E-state index >= 15 is 0 Å². The molecule has 3 rings (SSSR count). The third kappa shape index (κ3) is 2.40. The molecule has 0 radical (unpaired) electrons. The van der Waals surface area contributed by atoms with E-state index in [2.05, 4.69) is 5.32 Å². The Morgan fingerprint density at radius 3 is 2.55 bits per heavy atom. The van der Waals surface area contributed by atoms with Crippen molar-refractivity contribution in [3.05, 3.63) is 59.4 Å². The molecule has 0 bridgehead atoms. The molecule has 5 heteroatoms. The smallest absolute Gasteiger partial charge is 0.194 e. The van der Waals surface area contributed by atoms with Gasteiger partial charge in [0.1, 0.15) is 0 Å². The zero-order chi connectivity index (χ0) is 15.9. The lowest BCUT2D eigenvalue weighted by atomic mass is 9.96. The van der Waals surface area contributed by atoms with Crippen LogP contribution in [0, 0.1) is 17.5 Å². The first-order valence-electron chi connectivity index (χ1n) is 7.13. The Hall–Kier alpha value is -2.17. The van der Waals surface area contributed by atoms with Gasteiger partial charge in [-0.2, -0.15) is 0 Å². The number of rotatable bonds is 2. The Labute approximate surface area is 127 Å². The number of anilines is 2. The van der Waals surface area contributed by atoms with Crippen LogP contribution in [0.3, 0.4) is 0 Å². The van der Waals surface area contributed by atoms with Gasteiger partial charge in [-0.1, -0.05) is 18.2 Å². The second kappa shape index (κ2) is 5.23. The maximum atomic E-state index is 14.0. The van der Waals surface area contributed by atoms with Crippen LogP contribution in [0.15, 0.2) is 36.4 Å². The highest BCUT2D eigenvalue weighted by Gasteiger charge is 2.33. The third-order valence-electron chi connectivity index (χ3n) is 4.08. The summed E-state index contributed by atoms with van der Waals surface area (Å²) >= 11 is 0. The fourth-order valence-corrected chi connectivity index (χ4v) is 2.75. The average molecular weight is 306 g/mol. The topological polar surface area (TPSA) is 15.3 Å². The monoisotopic (exact) mass is 306 g/mol. The van der Waals surface area contributed by atoms with Crippen LogP contribution in [0.5, 0.6) is 0 Å². The van der Waals surface area contributed by atoms with Crippen LogP contribution in [0.25, 0.3) is 0 Å². The fraction of sp³-hybridized carbons (Fsp3) is 0.294. The molecule has 0 aliphatic carbocycles. The molecule has 1 heterocycles. The molecule has 0 spiro atoms. The highest BCUT2D eigenvalue weighted by atomic mass is 19.2. The average Bonchev–Trinajstić information content (AvgIpc) is 2.50. The molecule has 1 aliphatic heterocycles. The SMILES string of the molecule is CC1(C)CNc2ccccc2N1Cc1ccc(F)c(F)c1F. The van der Waals surface area contributed by atoms with Crippen molar-refractivity contribution in [2.75, 3.05) is 16.8 Å². The van der Waals surface area contributed by atoms with Crippen LogP contribution >= 0.6 is 0 Å². The van der Waals surface area contributed by atoms with Gasteiger partial charge in [0.05, 0.1) is 16.9 Å². The number of halogens is 3. The molecule has 2 nitrogen and oxygen atoms in total. The molecule has 0 fully saturated rings. The summed E-state index contributed by atoms with van der Waals surface area (Å²) < 4.78 is 40.5. The molecule has 0 saturated heterocycles. The molecule has 116 valence electrons. The van der Waals surface area contributed by atoms with Crippen LogP contribution in [-0.2, 0) is 6.54 Å². The van der Waals surface area contributed by atoms with Gasteiger partial charge in [-0.15, -0.1) is 0 Å². The summed E-state index contributed by atoms with van der Waals surface area (Å²) in [4.78, 5) is 2.01. The number of fused-ring (bicyclic) bond motifs is 1. The maximum absolute atomic E-state index is 14.0. The summed E-state index contributed by atoms with van der Waals surface area (Å²) in [7, 11) is 0. The van der Waals surface area contributed by atoms with Gasteiger partial charge < -0.3 is 10.2 Å². The quantitative estimate of drug-likeness (QED) is 0.832. The first-order chi connectivity index (χ1) is 10.4. The molecular weight excluding hydrogens is 289 g/mol. The van der Waals surface area contributed by atoms with Gasteiger partial charge in [0.25, 0.3) is 0 Å². The van der Waals surface area contributed by atoms with E-state index in [0.29, 0.717) is 6.54 Å². The predicted molar refractivity (Wildman–Crippen MR) is 81.5 cm³/mol. The Kier molecular flexibility index (Phi) is 3.51. The molecule has 2 aromatic rings. The number of hydrogen-bond acceptors (Lipinski definition) is 2. The zero-order valence-electron chi connectivity index (χ0n) is 12.5. The van der Waals surface area contributed by atoms with Gasteiger partial charge in [-0.25, -0.2) is 13.2 Å². The van der Waals surface area contributed by atoms with Crippen molar-refractivity contribution >= 4 is 11.4 Å². The number of para-hydroxylation sites is 2. The minimum absolute atomic E-state index is 0.142. The van der Waals surface area contributed by atoms with Crippen molar-refractivity contribution in [2.24, 2.45) is 0 Å². The Morgan fingerprint density at radius 2 is 1.77 bits per heavy atom. The van der Waals surface area contributed by atoms with Gasteiger partial charge in [0.2, 0.25) is 0 Å². The second-order valence-corrected chi connectivity index (χ2v) is 6.10. The van der Waals surface area contributed by atoms with E-state index in [4.69, 9.17) is 0 Å². The summed E-state index contributed by atoms with van der Waals surface area (Å²) in [5.41, 5.74) is 1.72. The lowest BCUT2D eigenvalue weighted by molar-refractivity contribution is 0.429. The van der Waals surface area contributed by atoms with Gasteiger partial charge in [0, 0.05) is 18.7 Å². The molecular formula is C17H17F3N2. The van der Waals surface area contributed by atoms with E-state index in [1.54, 1.807) is 0 Å². The lowest BCUT2D eigenvalue weighted by Gasteiger charge is -2.45. The largest absolute Gasteiger partial charge is 0.381 e. The summed E-state index contributed by atoms with van der Waals surface area (Å²) in [5.74, 6) is -3.70. The molecule has 0 saturated carbocycles. The molecule has 0 amide bonds. The van der Waals surface area contributed by atoms with Crippen LogP contribution in [-0.4, -0.2) is 12.1 Å². The normalized spacial score (nSPS) is 16.1. The summed E-state index contributed by atoms with van der Waals surface area (Å²) in [6.07, 6.45) is 0. The van der Waals surface area contributed by atoms with E-state index in [1.165, 1.54) is 6.07 Å².